The predicted octanol–water partition coefficient (Wildman–Crippen LogP) is 1.41. The molecule has 0 unspecified atom stereocenters. The van der Waals surface area contributed by atoms with Crippen molar-refractivity contribution in [2.75, 3.05) is 5.32 Å². The van der Waals surface area contributed by atoms with E-state index >= 15 is 0 Å². The minimum atomic E-state index is -1.05. The van der Waals surface area contributed by atoms with E-state index in [9.17, 15) is 14.4 Å². The summed E-state index contributed by atoms with van der Waals surface area (Å²) in [7, 11) is 0. The molecule has 2 rings (SSSR count). The summed E-state index contributed by atoms with van der Waals surface area (Å²) < 4.78 is 0. The van der Waals surface area contributed by atoms with Gasteiger partial charge in [0.25, 0.3) is 5.91 Å². The molecule has 0 saturated carbocycles. The van der Waals surface area contributed by atoms with Crippen molar-refractivity contribution >= 4 is 23.5 Å². The monoisotopic (exact) mass is 290 g/mol. The summed E-state index contributed by atoms with van der Waals surface area (Å²) in [5, 5.41) is 14.4. The third-order valence-electron chi connectivity index (χ3n) is 3.48. The Morgan fingerprint density at radius 2 is 2.00 bits per heavy atom. The van der Waals surface area contributed by atoms with Crippen LogP contribution in [0.15, 0.2) is 18.2 Å². The van der Waals surface area contributed by atoms with Crippen molar-refractivity contribution in [3.05, 3.63) is 29.3 Å². The molecule has 1 aromatic rings. The lowest BCUT2D eigenvalue weighted by molar-refractivity contribution is -0.140. The third kappa shape index (κ3) is 3.39. The molecular formula is C15H18N2O4. The third-order valence-corrected chi connectivity index (χ3v) is 3.48. The topological polar surface area (TPSA) is 95.5 Å². The van der Waals surface area contributed by atoms with E-state index in [1.54, 1.807) is 32.0 Å². The van der Waals surface area contributed by atoms with Gasteiger partial charge in [0.1, 0.15) is 6.04 Å². The Labute approximate surface area is 122 Å². The molecule has 0 aliphatic carbocycles. The summed E-state index contributed by atoms with van der Waals surface area (Å²) in [5.41, 5.74) is 2.00. The zero-order chi connectivity index (χ0) is 15.6. The van der Waals surface area contributed by atoms with Crippen LogP contribution in [0.5, 0.6) is 0 Å². The fourth-order valence-corrected chi connectivity index (χ4v) is 2.26. The maximum Gasteiger partial charge on any atom is 0.326 e. The number of carboxylic acid groups (broad SMARTS) is 1. The molecule has 0 spiro atoms. The molecule has 1 aliphatic rings. The quantitative estimate of drug-likeness (QED) is 0.781. The molecule has 1 aliphatic heterocycles. The number of rotatable bonds is 4. The Morgan fingerprint density at radius 3 is 2.62 bits per heavy atom. The number of carboxylic acids is 1. The van der Waals surface area contributed by atoms with Crippen molar-refractivity contribution < 1.29 is 19.5 Å². The van der Waals surface area contributed by atoms with E-state index in [0.29, 0.717) is 24.1 Å². The van der Waals surface area contributed by atoms with Gasteiger partial charge in [-0.05, 0) is 36.1 Å². The minimum Gasteiger partial charge on any atom is -0.480 e. The van der Waals surface area contributed by atoms with Crippen LogP contribution in [-0.2, 0) is 16.0 Å². The van der Waals surface area contributed by atoms with Gasteiger partial charge >= 0.3 is 5.97 Å². The van der Waals surface area contributed by atoms with E-state index in [0.717, 1.165) is 5.56 Å². The normalized spacial score (nSPS) is 15.1. The summed E-state index contributed by atoms with van der Waals surface area (Å²) in [5.74, 6) is -1.71. The zero-order valence-corrected chi connectivity index (χ0v) is 12.0. The van der Waals surface area contributed by atoms with Gasteiger partial charge < -0.3 is 15.7 Å². The van der Waals surface area contributed by atoms with E-state index in [4.69, 9.17) is 5.11 Å². The van der Waals surface area contributed by atoms with Gasteiger partial charge in [0.2, 0.25) is 5.91 Å². The highest BCUT2D eigenvalue weighted by atomic mass is 16.4. The second-order valence-electron chi connectivity index (χ2n) is 5.45. The zero-order valence-electron chi connectivity index (χ0n) is 12.0. The first-order valence-corrected chi connectivity index (χ1v) is 6.85. The number of aryl methyl sites for hydroxylation is 1. The van der Waals surface area contributed by atoms with Crippen LogP contribution in [0.3, 0.4) is 0 Å². The molecular weight excluding hydrogens is 272 g/mol. The number of carbonyl (C=O) groups is 3. The molecule has 1 heterocycles. The average molecular weight is 290 g/mol. The first kappa shape index (κ1) is 15.0. The molecule has 0 aromatic heterocycles. The van der Waals surface area contributed by atoms with Crippen molar-refractivity contribution in [3.63, 3.8) is 0 Å². The molecule has 6 heteroatoms. The highest BCUT2D eigenvalue weighted by molar-refractivity contribution is 5.99. The molecule has 1 atom stereocenters. The lowest BCUT2D eigenvalue weighted by Gasteiger charge is -2.20. The molecule has 0 bridgehead atoms. The van der Waals surface area contributed by atoms with Gasteiger partial charge in [0, 0.05) is 17.7 Å². The van der Waals surface area contributed by atoms with Crippen molar-refractivity contribution in [2.24, 2.45) is 5.92 Å². The number of fused-ring (bicyclic) bond motifs is 1. The number of anilines is 1. The molecule has 112 valence electrons. The Kier molecular flexibility index (Phi) is 4.26. The van der Waals surface area contributed by atoms with Crippen LogP contribution in [0.2, 0.25) is 0 Å². The number of hydrogen-bond acceptors (Lipinski definition) is 3. The number of aliphatic carboxylic acids is 1. The van der Waals surface area contributed by atoms with Gasteiger partial charge in [-0.25, -0.2) is 4.79 Å². The number of nitrogens with one attached hydrogen (secondary N) is 2. The molecule has 3 N–H and O–H groups in total. The van der Waals surface area contributed by atoms with Gasteiger partial charge in [-0.1, -0.05) is 13.8 Å². The van der Waals surface area contributed by atoms with E-state index in [1.165, 1.54) is 0 Å². The lowest BCUT2D eigenvalue weighted by Crippen LogP contribution is -2.44. The number of carbonyl (C=O) groups excluding carboxylic acids is 2. The van der Waals surface area contributed by atoms with Crippen LogP contribution in [0.1, 0.15) is 36.2 Å². The number of amides is 2. The Hall–Kier alpha value is -2.37. The van der Waals surface area contributed by atoms with Crippen LogP contribution in [0.25, 0.3) is 0 Å². The SMILES string of the molecule is CC(C)[C@@H](NC(=O)c1ccc2c(c1)CCC(=O)N2)C(=O)O. The van der Waals surface area contributed by atoms with Crippen LogP contribution in [0.4, 0.5) is 5.69 Å². The van der Waals surface area contributed by atoms with Crippen LogP contribution in [0, 0.1) is 5.92 Å². The molecule has 2 amide bonds. The van der Waals surface area contributed by atoms with Crippen LogP contribution < -0.4 is 10.6 Å². The van der Waals surface area contributed by atoms with Crippen LogP contribution >= 0.6 is 0 Å². The summed E-state index contributed by atoms with van der Waals surface area (Å²) in [4.78, 5) is 34.6. The maximum atomic E-state index is 12.2. The van der Waals surface area contributed by atoms with E-state index < -0.39 is 17.9 Å². The first-order valence-electron chi connectivity index (χ1n) is 6.85. The Morgan fingerprint density at radius 1 is 1.29 bits per heavy atom. The molecule has 1 aromatic carbocycles. The van der Waals surface area contributed by atoms with Gasteiger partial charge in [-0.2, -0.15) is 0 Å². The van der Waals surface area contributed by atoms with E-state index in [-0.39, 0.29) is 11.8 Å². The fourth-order valence-electron chi connectivity index (χ4n) is 2.26. The van der Waals surface area contributed by atoms with Crippen molar-refractivity contribution in [2.45, 2.75) is 32.7 Å². The summed E-state index contributed by atoms with van der Waals surface area (Å²) >= 11 is 0. The molecule has 0 radical (unpaired) electrons. The van der Waals surface area contributed by atoms with Gasteiger partial charge in [0.05, 0.1) is 0 Å². The second-order valence-corrected chi connectivity index (χ2v) is 5.45. The van der Waals surface area contributed by atoms with Crippen molar-refractivity contribution in [1.82, 2.24) is 5.32 Å². The van der Waals surface area contributed by atoms with E-state index in [2.05, 4.69) is 10.6 Å². The first-order chi connectivity index (χ1) is 9.88. The maximum absolute atomic E-state index is 12.2. The lowest BCUT2D eigenvalue weighted by atomic mass is 9.99. The van der Waals surface area contributed by atoms with Gasteiger partial charge in [-0.15, -0.1) is 0 Å². The Balaban J connectivity index is 2.17. The highest BCUT2D eigenvalue weighted by Crippen LogP contribution is 2.23. The standard InChI is InChI=1S/C15H18N2O4/c1-8(2)13(15(20)21)17-14(19)10-3-5-11-9(7-10)4-6-12(18)16-11/h3,5,7-8,13H,4,6H2,1-2H3,(H,16,18)(H,17,19)(H,20,21)/t13-/m1/s1. The van der Waals surface area contributed by atoms with E-state index in [1.807, 2.05) is 0 Å². The highest BCUT2D eigenvalue weighted by Gasteiger charge is 2.24. The Bertz CT molecular complexity index is 595. The molecule has 21 heavy (non-hydrogen) atoms. The summed E-state index contributed by atoms with van der Waals surface area (Å²) in [6, 6.07) is 4.03. The predicted molar refractivity (Wildman–Crippen MR) is 77.1 cm³/mol. The smallest absolute Gasteiger partial charge is 0.326 e. The molecule has 0 fully saturated rings. The van der Waals surface area contributed by atoms with Crippen LogP contribution in [-0.4, -0.2) is 28.9 Å². The van der Waals surface area contributed by atoms with Crippen molar-refractivity contribution in [1.29, 1.82) is 0 Å². The largest absolute Gasteiger partial charge is 0.480 e. The second kappa shape index (κ2) is 5.95. The van der Waals surface area contributed by atoms with Crippen molar-refractivity contribution in [3.8, 4) is 0 Å². The fraction of sp³-hybridized carbons (Fsp3) is 0.400. The summed E-state index contributed by atoms with van der Waals surface area (Å²) in [6.07, 6.45) is 0.969. The molecule has 6 nitrogen and oxygen atoms in total. The minimum absolute atomic E-state index is 0.0366. The average Bonchev–Trinajstić information content (AvgIpc) is 2.43. The molecule has 0 saturated heterocycles. The number of hydrogen-bond donors (Lipinski definition) is 3. The van der Waals surface area contributed by atoms with Gasteiger partial charge in [0.15, 0.2) is 0 Å². The van der Waals surface area contributed by atoms with Gasteiger partial charge in [-0.3, -0.25) is 9.59 Å². The summed E-state index contributed by atoms with van der Waals surface area (Å²) in [6.45, 7) is 3.48. The number of benzene rings is 1.